The van der Waals surface area contributed by atoms with Crippen LogP contribution in [0.1, 0.15) is 24.0 Å². The molecule has 0 aromatic heterocycles. The molecular formula is C24H28N2O5. The standard InChI is InChI=1S/C24H28N2O5/c1-16(14-26-10-12-30-13-11-26)22(23(27)28)25-24(29)31-15-21-19-8-4-2-6-17(19)18-7-3-5-9-20(18)21/h2-9,16,21-22H,10-15H2,1H3,(H,25,29)(H,27,28)/t16-,22-/m0/s1. The van der Waals surface area contributed by atoms with Gasteiger partial charge in [-0.25, -0.2) is 9.59 Å². The average Bonchev–Trinajstić information content (AvgIpc) is 3.10. The van der Waals surface area contributed by atoms with Crippen LogP contribution in [0.4, 0.5) is 4.79 Å². The van der Waals surface area contributed by atoms with Crippen LogP contribution in [-0.2, 0) is 14.3 Å². The zero-order chi connectivity index (χ0) is 21.8. The van der Waals surface area contributed by atoms with E-state index in [1.54, 1.807) is 0 Å². The number of rotatable bonds is 7. The van der Waals surface area contributed by atoms with Crippen molar-refractivity contribution < 1.29 is 24.2 Å². The van der Waals surface area contributed by atoms with Crippen molar-refractivity contribution in [3.63, 3.8) is 0 Å². The molecule has 164 valence electrons. The summed E-state index contributed by atoms with van der Waals surface area (Å²) in [5.74, 6) is -1.39. The van der Waals surface area contributed by atoms with Crippen molar-refractivity contribution in [2.75, 3.05) is 39.5 Å². The number of morpholine rings is 1. The molecule has 1 amide bonds. The van der Waals surface area contributed by atoms with E-state index in [1.165, 1.54) is 0 Å². The van der Waals surface area contributed by atoms with Crippen LogP contribution < -0.4 is 5.32 Å². The Balaban J connectivity index is 1.38. The van der Waals surface area contributed by atoms with Crippen LogP contribution in [0.2, 0.25) is 0 Å². The Hall–Kier alpha value is -2.90. The van der Waals surface area contributed by atoms with Gasteiger partial charge >= 0.3 is 12.1 Å². The summed E-state index contributed by atoms with van der Waals surface area (Å²) in [4.78, 5) is 26.5. The van der Waals surface area contributed by atoms with Crippen LogP contribution in [0.25, 0.3) is 11.1 Å². The summed E-state index contributed by atoms with van der Waals surface area (Å²) in [6.45, 7) is 5.38. The first kappa shape index (κ1) is 21.3. The number of fused-ring (bicyclic) bond motifs is 3. The summed E-state index contributed by atoms with van der Waals surface area (Å²) in [6, 6.07) is 15.2. The summed E-state index contributed by atoms with van der Waals surface area (Å²) < 4.78 is 10.9. The molecule has 2 N–H and O–H groups in total. The van der Waals surface area contributed by atoms with Crippen LogP contribution in [0.15, 0.2) is 48.5 Å². The molecule has 4 rings (SSSR count). The van der Waals surface area contributed by atoms with E-state index < -0.39 is 18.1 Å². The Morgan fingerprint density at radius 2 is 1.68 bits per heavy atom. The quantitative estimate of drug-likeness (QED) is 0.711. The number of aliphatic carboxylic acids is 1. The van der Waals surface area contributed by atoms with Gasteiger partial charge in [-0.2, -0.15) is 0 Å². The minimum absolute atomic E-state index is 0.0628. The molecule has 2 aromatic rings. The molecule has 1 fully saturated rings. The molecule has 7 heteroatoms. The molecule has 0 spiro atoms. The van der Waals surface area contributed by atoms with Gasteiger partial charge in [0.1, 0.15) is 12.6 Å². The van der Waals surface area contributed by atoms with Gasteiger partial charge in [-0.3, -0.25) is 4.90 Å². The third kappa shape index (κ3) is 4.73. The van der Waals surface area contributed by atoms with Crippen molar-refractivity contribution in [3.8, 4) is 11.1 Å². The second-order valence-corrected chi connectivity index (χ2v) is 8.18. The first-order chi connectivity index (χ1) is 15.0. The predicted octanol–water partition coefficient (Wildman–Crippen LogP) is 2.95. The topological polar surface area (TPSA) is 88.1 Å². The van der Waals surface area contributed by atoms with Gasteiger partial charge < -0.3 is 19.9 Å². The van der Waals surface area contributed by atoms with Crippen LogP contribution in [0.5, 0.6) is 0 Å². The van der Waals surface area contributed by atoms with Crippen LogP contribution >= 0.6 is 0 Å². The molecule has 1 aliphatic heterocycles. The largest absolute Gasteiger partial charge is 0.480 e. The summed E-state index contributed by atoms with van der Waals surface area (Å²) in [5.41, 5.74) is 4.53. The minimum atomic E-state index is -1.06. The van der Waals surface area contributed by atoms with E-state index >= 15 is 0 Å². The number of hydrogen-bond acceptors (Lipinski definition) is 5. The predicted molar refractivity (Wildman–Crippen MR) is 116 cm³/mol. The highest BCUT2D eigenvalue weighted by Crippen LogP contribution is 2.44. The highest BCUT2D eigenvalue weighted by atomic mass is 16.5. The van der Waals surface area contributed by atoms with Crippen LogP contribution in [0, 0.1) is 5.92 Å². The number of benzene rings is 2. The van der Waals surface area contributed by atoms with E-state index in [9.17, 15) is 14.7 Å². The molecule has 2 atom stereocenters. The smallest absolute Gasteiger partial charge is 0.407 e. The van der Waals surface area contributed by atoms with Crippen molar-refractivity contribution in [2.45, 2.75) is 18.9 Å². The second-order valence-electron chi connectivity index (χ2n) is 8.18. The molecule has 0 bridgehead atoms. The molecule has 0 saturated carbocycles. The summed E-state index contributed by atoms with van der Waals surface area (Å²) >= 11 is 0. The van der Waals surface area contributed by atoms with E-state index in [-0.39, 0.29) is 18.4 Å². The van der Waals surface area contributed by atoms with E-state index in [4.69, 9.17) is 9.47 Å². The summed E-state index contributed by atoms with van der Waals surface area (Å²) in [6.07, 6.45) is -0.705. The Bertz CT molecular complexity index is 896. The molecule has 1 aliphatic carbocycles. The van der Waals surface area contributed by atoms with Gasteiger partial charge in [-0.1, -0.05) is 55.5 Å². The number of ether oxygens (including phenoxy) is 2. The van der Waals surface area contributed by atoms with E-state index in [2.05, 4.69) is 22.3 Å². The number of nitrogens with one attached hydrogen (secondary N) is 1. The Kier molecular flexibility index (Phi) is 6.53. The molecular weight excluding hydrogens is 396 g/mol. The number of carboxylic acids is 1. The number of hydrogen-bond donors (Lipinski definition) is 2. The third-order valence-electron chi connectivity index (χ3n) is 6.10. The van der Waals surface area contributed by atoms with E-state index in [1.807, 2.05) is 43.3 Å². The number of amides is 1. The van der Waals surface area contributed by atoms with Gasteiger partial charge in [0.2, 0.25) is 0 Å². The van der Waals surface area contributed by atoms with E-state index in [0.29, 0.717) is 19.8 Å². The van der Waals surface area contributed by atoms with Crippen molar-refractivity contribution >= 4 is 12.1 Å². The number of carboxylic acid groups (broad SMARTS) is 1. The second kappa shape index (κ2) is 9.49. The molecule has 0 radical (unpaired) electrons. The molecule has 0 unspecified atom stereocenters. The maximum atomic E-state index is 12.5. The van der Waals surface area contributed by atoms with E-state index in [0.717, 1.165) is 35.3 Å². The number of nitrogens with zero attached hydrogens (tertiary/aromatic N) is 1. The molecule has 1 saturated heterocycles. The van der Waals surface area contributed by atoms with Gasteiger partial charge in [0.15, 0.2) is 0 Å². The van der Waals surface area contributed by atoms with Crippen molar-refractivity contribution in [1.82, 2.24) is 10.2 Å². The fourth-order valence-electron chi connectivity index (χ4n) is 4.51. The van der Waals surface area contributed by atoms with Crippen molar-refractivity contribution in [3.05, 3.63) is 59.7 Å². The zero-order valence-electron chi connectivity index (χ0n) is 17.6. The zero-order valence-corrected chi connectivity index (χ0v) is 17.6. The number of alkyl carbamates (subject to hydrolysis) is 1. The molecule has 2 aromatic carbocycles. The van der Waals surface area contributed by atoms with Crippen LogP contribution in [0.3, 0.4) is 0 Å². The lowest BCUT2D eigenvalue weighted by Crippen LogP contribution is -2.50. The van der Waals surface area contributed by atoms with Gasteiger partial charge in [-0.05, 0) is 28.2 Å². The Morgan fingerprint density at radius 3 is 2.26 bits per heavy atom. The fraction of sp³-hybridized carbons (Fsp3) is 0.417. The minimum Gasteiger partial charge on any atom is -0.480 e. The highest BCUT2D eigenvalue weighted by Gasteiger charge is 2.31. The lowest BCUT2D eigenvalue weighted by molar-refractivity contribution is -0.141. The third-order valence-corrected chi connectivity index (χ3v) is 6.10. The Labute approximate surface area is 182 Å². The normalized spacial score (nSPS) is 18.0. The number of carbonyl (C=O) groups excluding carboxylic acids is 1. The van der Waals surface area contributed by atoms with Crippen molar-refractivity contribution in [2.24, 2.45) is 5.92 Å². The summed E-state index contributed by atoms with van der Waals surface area (Å²) in [7, 11) is 0. The lowest BCUT2D eigenvalue weighted by Gasteiger charge is -2.31. The number of carbonyl (C=O) groups is 2. The summed E-state index contributed by atoms with van der Waals surface area (Å²) in [5, 5.41) is 12.2. The molecule has 7 nitrogen and oxygen atoms in total. The molecule has 31 heavy (non-hydrogen) atoms. The molecule has 2 aliphatic rings. The first-order valence-corrected chi connectivity index (χ1v) is 10.7. The van der Waals surface area contributed by atoms with Gasteiger partial charge in [0.05, 0.1) is 13.2 Å². The van der Waals surface area contributed by atoms with Crippen LogP contribution in [-0.4, -0.2) is 67.6 Å². The lowest BCUT2D eigenvalue weighted by atomic mass is 9.98. The SMILES string of the molecule is C[C@@H](CN1CCOCC1)[C@H](NC(=O)OCC1c2ccccc2-c2ccccc21)C(=O)O. The van der Waals surface area contributed by atoms with Gasteiger partial charge in [0, 0.05) is 25.6 Å². The van der Waals surface area contributed by atoms with Gasteiger partial charge in [-0.15, -0.1) is 0 Å². The van der Waals surface area contributed by atoms with Crippen molar-refractivity contribution in [1.29, 1.82) is 0 Å². The Morgan fingerprint density at radius 1 is 1.10 bits per heavy atom. The average molecular weight is 424 g/mol. The molecule has 1 heterocycles. The van der Waals surface area contributed by atoms with Gasteiger partial charge in [0.25, 0.3) is 0 Å². The highest BCUT2D eigenvalue weighted by molar-refractivity contribution is 5.81. The first-order valence-electron chi connectivity index (χ1n) is 10.7. The monoisotopic (exact) mass is 424 g/mol. The maximum Gasteiger partial charge on any atom is 0.407 e. The maximum absolute atomic E-state index is 12.5. The fourth-order valence-corrected chi connectivity index (χ4v) is 4.51.